The van der Waals surface area contributed by atoms with Crippen molar-refractivity contribution in [2.75, 3.05) is 6.54 Å². The molecule has 0 aliphatic carbocycles. The number of nitrogens with zero attached hydrogens (tertiary/aromatic N) is 4. The second-order valence-electron chi connectivity index (χ2n) is 3.88. The molecule has 1 amide bonds. The number of rotatable bonds is 5. The van der Waals surface area contributed by atoms with Crippen LogP contribution in [0, 0.1) is 0 Å². The molecule has 0 spiro atoms. The van der Waals surface area contributed by atoms with Crippen LogP contribution in [0.15, 0.2) is 35.5 Å². The van der Waals surface area contributed by atoms with Crippen molar-refractivity contribution in [2.24, 2.45) is 0 Å². The fraction of sp³-hybridized carbons (Fsp3) is 0.333. The summed E-state index contributed by atoms with van der Waals surface area (Å²) >= 11 is 0.999. The lowest BCUT2D eigenvalue weighted by Gasteiger charge is -2.04. The summed E-state index contributed by atoms with van der Waals surface area (Å²) in [6, 6.07) is 9.47. The lowest BCUT2D eigenvalue weighted by Crippen LogP contribution is -2.20. The van der Waals surface area contributed by atoms with Crippen LogP contribution >= 0.6 is 11.8 Å². The van der Waals surface area contributed by atoms with Crippen molar-refractivity contribution in [1.29, 1.82) is 0 Å². The Balaban J connectivity index is 2.02. The van der Waals surface area contributed by atoms with E-state index in [4.69, 9.17) is 0 Å². The number of aromatic nitrogens is 4. The Morgan fingerprint density at radius 1 is 1.37 bits per heavy atom. The molecule has 100 valence electrons. The fourth-order valence-electron chi connectivity index (χ4n) is 1.46. The monoisotopic (exact) mass is 277 g/mol. The van der Waals surface area contributed by atoms with Crippen LogP contribution in [0.1, 0.15) is 19.8 Å². The molecule has 0 aliphatic rings. The summed E-state index contributed by atoms with van der Waals surface area (Å²) in [5, 5.41) is 14.5. The van der Waals surface area contributed by atoms with Gasteiger partial charge in [0, 0.05) is 18.3 Å². The van der Waals surface area contributed by atoms with Crippen molar-refractivity contribution in [3.8, 4) is 5.69 Å². The maximum atomic E-state index is 11.7. The van der Waals surface area contributed by atoms with Crippen molar-refractivity contribution in [3.63, 3.8) is 0 Å². The van der Waals surface area contributed by atoms with Crippen LogP contribution in [-0.2, 0) is 0 Å². The Kier molecular flexibility index (Phi) is 4.91. The number of thioether (sulfide) groups is 1. The van der Waals surface area contributed by atoms with E-state index in [9.17, 15) is 4.79 Å². The Morgan fingerprint density at radius 3 is 2.89 bits per heavy atom. The van der Waals surface area contributed by atoms with Crippen molar-refractivity contribution in [2.45, 2.75) is 24.9 Å². The van der Waals surface area contributed by atoms with Gasteiger partial charge in [-0.15, -0.1) is 5.10 Å². The minimum absolute atomic E-state index is 0.138. The van der Waals surface area contributed by atoms with Gasteiger partial charge in [0.1, 0.15) is 0 Å². The lowest BCUT2D eigenvalue weighted by atomic mass is 10.3. The quantitative estimate of drug-likeness (QED) is 0.670. The number of amides is 1. The number of unbranched alkanes of at least 4 members (excludes halogenated alkanes) is 1. The molecular formula is C12H15N5OS. The highest BCUT2D eigenvalue weighted by molar-refractivity contribution is 8.13. The van der Waals surface area contributed by atoms with E-state index in [1.807, 2.05) is 30.3 Å². The number of carbonyl (C=O) groups is 1. The van der Waals surface area contributed by atoms with Crippen LogP contribution in [0.3, 0.4) is 0 Å². The first kappa shape index (κ1) is 13.5. The maximum Gasteiger partial charge on any atom is 0.286 e. The van der Waals surface area contributed by atoms with Gasteiger partial charge in [0.2, 0.25) is 5.16 Å². The molecule has 19 heavy (non-hydrogen) atoms. The highest BCUT2D eigenvalue weighted by Crippen LogP contribution is 2.18. The summed E-state index contributed by atoms with van der Waals surface area (Å²) in [5.74, 6) is 0. The van der Waals surface area contributed by atoms with Crippen LogP contribution < -0.4 is 5.32 Å². The van der Waals surface area contributed by atoms with Gasteiger partial charge in [-0.2, -0.15) is 4.68 Å². The third-order valence-electron chi connectivity index (χ3n) is 2.43. The van der Waals surface area contributed by atoms with E-state index in [2.05, 4.69) is 27.8 Å². The van der Waals surface area contributed by atoms with Gasteiger partial charge in [-0.25, -0.2) is 0 Å². The smallest absolute Gasteiger partial charge is 0.286 e. The average molecular weight is 277 g/mol. The molecule has 6 nitrogen and oxygen atoms in total. The molecular weight excluding hydrogens is 262 g/mol. The number of tetrazole rings is 1. The van der Waals surface area contributed by atoms with Crippen LogP contribution in [0.25, 0.3) is 5.69 Å². The molecule has 0 unspecified atom stereocenters. The third kappa shape index (κ3) is 3.78. The van der Waals surface area contributed by atoms with Gasteiger partial charge in [0.05, 0.1) is 5.69 Å². The fourth-order valence-corrected chi connectivity index (χ4v) is 2.11. The molecule has 0 aliphatic heterocycles. The summed E-state index contributed by atoms with van der Waals surface area (Å²) < 4.78 is 1.55. The number of para-hydroxylation sites is 1. The second kappa shape index (κ2) is 6.89. The highest BCUT2D eigenvalue weighted by Gasteiger charge is 2.13. The van der Waals surface area contributed by atoms with E-state index in [-0.39, 0.29) is 5.24 Å². The number of hydrogen-bond acceptors (Lipinski definition) is 5. The van der Waals surface area contributed by atoms with Gasteiger partial charge in [-0.3, -0.25) is 4.79 Å². The molecule has 0 radical (unpaired) electrons. The molecule has 0 atom stereocenters. The number of benzene rings is 1. The van der Waals surface area contributed by atoms with Crippen LogP contribution in [0.5, 0.6) is 0 Å². The lowest BCUT2D eigenvalue weighted by molar-refractivity contribution is 0.260. The zero-order valence-electron chi connectivity index (χ0n) is 10.6. The first-order valence-electron chi connectivity index (χ1n) is 6.10. The van der Waals surface area contributed by atoms with Crippen molar-refractivity contribution < 1.29 is 4.79 Å². The molecule has 2 rings (SSSR count). The maximum absolute atomic E-state index is 11.7. The minimum atomic E-state index is -0.138. The van der Waals surface area contributed by atoms with E-state index in [1.54, 1.807) is 4.68 Å². The SMILES string of the molecule is CCCCNC(=O)Sc1nnnn1-c1ccccc1. The molecule has 0 saturated carbocycles. The summed E-state index contributed by atoms with van der Waals surface area (Å²) in [5.41, 5.74) is 0.830. The van der Waals surface area contributed by atoms with Crippen molar-refractivity contribution in [1.82, 2.24) is 25.5 Å². The average Bonchev–Trinajstić information content (AvgIpc) is 2.88. The van der Waals surface area contributed by atoms with Crippen LogP contribution in [0.2, 0.25) is 0 Å². The standard InChI is InChI=1S/C12H15N5OS/c1-2-3-9-13-12(18)19-11-14-15-16-17(11)10-7-5-4-6-8-10/h4-8H,2-3,9H2,1H3,(H,13,18). The topological polar surface area (TPSA) is 72.7 Å². The number of hydrogen-bond donors (Lipinski definition) is 1. The Morgan fingerprint density at radius 2 is 2.16 bits per heavy atom. The zero-order valence-corrected chi connectivity index (χ0v) is 11.4. The molecule has 1 aromatic carbocycles. The van der Waals surface area contributed by atoms with E-state index in [0.717, 1.165) is 30.3 Å². The predicted octanol–water partition coefficient (Wildman–Crippen LogP) is 2.26. The molecule has 7 heteroatoms. The van der Waals surface area contributed by atoms with Crippen molar-refractivity contribution >= 4 is 17.0 Å². The van der Waals surface area contributed by atoms with Crippen molar-refractivity contribution in [3.05, 3.63) is 30.3 Å². The molecule has 0 fully saturated rings. The second-order valence-corrected chi connectivity index (χ2v) is 4.82. The zero-order chi connectivity index (χ0) is 13.5. The number of carbonyl (C=O) groups excluding carboxylic acids is 1. The van der Waals surface area contributed by atoms with Crippen LogP contribution in [-0.4, -0.2) is 32.0 Å². The minimum Gasteiger partial charge on any atom is -0.347 e. The molecule has 0 bridgehead atoms. The van der Waals surface area contributed by atoms with Gasteiger partial charge in [-0.1, -0.05) is 31.5 Å². The van der Waals surface area contributed by atoms with Gasteiger partial charge in [0.25, 0.3) is 5.24 Å². The van der Waals surface area contributed by atoms with Gasteiger partial charge in [0.15, 0.2) is 0 Å². The normalized spacial score (nSPS) is 10.4. The van der Waals surface area contributed by atoms with E-state index in [1.165, 1.54) is 0 Å². The van der Waals surface area contributed by atoms with Gasteiger partial charge in [-0.05, 0) is 29.0 Å². The Hall–Kier alpha value is -1.89. The first-order chi connectivity index (χ1) is 9.31. The van der Waals surface area contributed by atoms with E-state index >= 15 is 0 Å². The molecule has 1 heterocycles. The predicted molar refractivity (Wildman–Crippen MR) is 73.3 cm³/mol. The summed E-state index contributed by atoms with van der Waals surface area (Å²) in [4.78, 5) is 11.7. The summed E-state index contributed by atoms with van der Waals surface area (Å²) in [6.07, 6.45) is 2.02. The molecule has 0 saturated heterocycles. The summed E-state index contributed by atoms with van der Waals surface area (Å²) in [6.45, 7) is 2.75. The third-order valence-corrected chi connectivity index (χ3v) is 3.19. The van der Waals surface area contributed by atoms with Crippen LogP contribution in [0.4, 0.5) is 4.79 Å². The molecule has 2 aromatic rings. The molecule has 1 N–H and O–H groups in total. The highest BCUT2D eigenvalue weighted by atomic mass is 32.2. The Bertz CT molecular complexity index is 528. The van der Waals surface area contributed by atoms with Gasteiger partial charge < -0.3 is 5.32 Å². The first-order valence-corrected chi connectivity index (χ1v) is 6.92. The Labute approximate surface area is 115 Å². The van der Waals surface area contributed by atoms with Gasteiger partial charge >= 0.3 is 0 Å². The summed E-state index contributed by atoms with van der Waals surface area (Å²) in [7, 11) is 0. The van der Waals surface area contributed by atoms with E-state index in [0.29, 0.717) is 11.7 Å². The molecule has 1 aromatic heterocycles. The van der Waals surface area contributed by atoms with E-state index < -0.39 is 0 Å². The largest absolute Gasteiger partial charge is 0.347 e. The number of nitrogens with one attached hydrogen (secondary N) is 1.